The van der Waals surface area contributed by atoms with Crippen LogP contribution in [-0.2, 0) is 22.1 Å². The van der Waals surface area contributed by atoms with Gasteiger partial charge < -0.3 is 5.41 Å². The zero-order valence-corrected chi connectivity index (χ0v) is 6.16. The molecule has 0 saturated heterocycles. The van der Waals surface area contributed by atoms with Crippen LogP contribution in [0.2, 0.25) is 0 Å². The Hall–Kier alpha value is 0.293. The molecule has 0 amide bonds. The molecule has 0 spiro atoms. The summed E-state index contributed by atoms with van der Waals surface area (Å²) in [5.74, 6) is 0. The van der Waals surface area contributed by atoms with Gasteiger partial charge in [0, 0.05) is 0 Å². The minimum Gasteiger partial charge on any atom is -0.724 e. The largest absolute Gasteiger partial charge is 0.724 e. The van der Waals surface area contributed by atoms with Crippen molar-refractivity contribution in [3.63, 3.8) is 0 Å². The number of nitrogens with zero attached hydrogens (tertiary/aromatic N) is 1. The smallest absolute Gasteiger partial charge is 0.0159 e. The molecule has 0 rings (SSSR count). The van der Waals surface area contributed by atoms with Crippen molar-refractivity contribution in [3.05, 3.63) is 5.41 Å². The molecule has 0 aromatic heterocycles. The summed E-state index contributed by atoms with van der Waals surface area (Å²) in [5, 5.41) is 6.76. The van der Waals surface area contributed by atoms with E-state index in [1.807, 2.05) is 0 Å². The van der Waals surface area contributed by atoms with Gasteiger partial charge in [-0.3, -0.25) is 4.79 Å². The fraction of sp³-hybridized carbons (Fsp3) is 0. The Morgan fingerprint density at radius 1 is 1.80 bits per heavy atom. The summed E-state index contributed by atoms with van der Waals surface area (Å²) in [6.45, 7) is 0. The first kappa shape index (κ1) is 9.00. The average molecular weight is 143 g/mol. The number of rotatable bonds is 0. The van der Waals surface area contributed by atoms with Crippen LogP contribution >= 0.6 is 9.69 Å². The maximum absolute atomic E-state index is 8.24. The van der Waals surface area contributed by atoms with Gasteiger partial charge in [-0.25, -0.2) is 0 Å². The minimum absolute atomic E-state index is 0.500. The van der Waals surface area contributed by atoms with Crippen LogP contribution in [0.5, 0.6) is 0 Å². The number of isocyanates is 1. The van der Waals surface area contributed by atoms with E-state index in [1.165, 1.54) is 0 Å². The molecular weight excluding hydrogens is 143 g/mol. The van der Waals surface area contributed by atoms with Gasteiger partial charge in [0.1, 0.15) is 0 Å². The maximum atomic E-state index is 8.24. The van der Waals surface area contributed by atoms with Gasteiger partial charge in [0.15, 0.2) is 0 Å². The van der Waals surface area contributed by atoms with Gasteiger partial charge in [0.05, 0.1) is 0 Å². The van der Waals surface area contributed by atoms with Crippen molar-refractivity contribution in [1.29, 1.82) is 0 Å². The summed E-state index contributed by atoms with van der Waals surface area (Å²) in [5.41, 5.74) is 0. The van der Waals surface area contributed by atoms with Gasteiger partial charge in [0.25, 0.3) is 0 Å². The Morgan fingerprint density at radius 2 is 1.80 bits per heavy atom. The summed E-state index contributed by atoms with van der Waals surface area (Å²) < 4.78 is 0. The van der Waals surface area contributed by atoms with E-state index in [1.54, 1.807) is 0 Å². The summed E-state index contributed by atoms with van der Waals surface area (Å²) in [4.78, 5) is 8.24. The fourth-order valence-electron chi connectivity index (χ4n) is 0. The van der Waals surface area contributed by atoms with Gasteiger partial charge in [-0.05, 0) is 6.08 Å². The zero-order chi connectivity index (χ0) is 4.71. The quantitative estimate of drug-likeness (QED) is 0.277. The summed E-state index contributed by atoms with van der Waals surface area (Å²) in [7, 11) is 4.76. The number of carbonyl (C=O) groups excluding carboxylic acids is 1. The van der Waals surface area contributed by atoms with Crippen molar-refractivity contribution in [2.45, 2.75) is 0 Å². The molecule has 0 saturated carbocycles. The number of halogens is 1. The molecular formula is CClNOZn. The summed E-state index contributed by atoms with van der Waals surface area (Å²) in [6.07, 6.45) is 0.500. The Labute approximate surface area is 43.7 Å². The van der Waals surface area contributed by atoms with Crippen molar-refractivity contribution in [3.8, 4) is 0 Å². The average Bonchev–Trinajstić information content (AvgIpc) is 1.46. The SMILES string of the molecule is [Cl][Zn+].[N-]=C=O. The second-order valence-corrected chi connectivity index (χ2v) is 0.0913. The molecule has 0 aliphatic rings. The number of hydrogen-bond acceptors (Lipinski definition) is 1. The maximum Gasteiger partial charge on any atom is -0.0159 e. The summed E-state index contributed by atoms with van der Waals surface area (Å²) >= 11 is 0.847. The van der Waals surface area contributed by atoms with E-state index < -0.39 is 0 Å². The van der Waals surface area contributed by atoms with Crippen molar-refractivity contribution in [2.24, 2.45) is 0 Å². The molecule has 0 aromatic carbocycles. The van der Waals surface area contributed by atoms with Crippen LogP contribution in [0.4, 0.5) is 0 Å². The van der Waals surface area contributed by atoms with E-state index in [-0.39, 0.29) is 0 Å². The topological polar surface area (TPSA) is 39.4 Å². The molecule has 24 valence electrons. The normalized spacial score (nSPS) is 3.00. The van der Waals surface area contributed by atoms with Gasteiger partial charge in [-0.1, -0.05) is 0 Å². The fourth-order valence-corrected chi connectivity index (χ4v) is 0. The summed E-state index contributed by atoms with van der Waals surface area (Å²) in [6, 6.07) is 0. The first-order chi connectivity index (χ1) is 2.41. The molecule has 0 N–H and O–H groups in total. The van der Waals surface area contributed by atoms with Crippen LogP contribution in [-0.4, -0.2) is 6.08 Å². The van der Waals surface area contributed by atoms with Gasteiger partial charge in [-0.2, -0.15) is 0 Å². The van der Waals surface area contributed by atoms with Crippen molar-refractivity contribution in [1.82, 2.24) is 0 Å². The first-order valence-electron chi connectivity index (χ1n) is 0.695. The van der Waals surface area contributed by atoms with E-state index in [9.17, 15) is 0 Å². The molecule has 0 bridgehead atoms. The van der Waals surface area contributed by atoms with Crippen LogP contribution in [0.15, 0.2) is 0 Å². The molecule has 0 aromatic rings. The molecule has 4 heteroatoms. The Balaban J connectivity index is 0. The third-order valence-electron chi connectivity index (χ3n) is 0. The monoisotopic (exact) mass is 141 g/mol. The molecule has 0 aliphatic heterocycles. The van der Waals surface area contributed by atoms with E-state index in [4.69, 9.17) is 19.9 Å². The van der Waals surface area contributed by atoms with Crippen LogP contribution < -0.4 is 0 Å². The van der Waals surface area contributed by atoms with Gasteiger partial charge in [0.2, 0.25) is 0 Å². The van der Waals surface area contributed by atoms with Crippen LogP contribution in [0.3, 0.4) is 0 Å². The molecule has 0 aliphatic carbocycles. The molecule has 0 heterocycles. The number of hydrogen-bond donors (Lipinski definition) is 0. The van der Waals surface area contributed by atoms with Crippen molar-refractivity contribution < 1.29 is 22.1 Å². The Bertz CT molecular complexity index is 32.6. The van der Waals surface area contributed by atoms with E-state index in [0.717, 1.165) is 17.3 Å². The van der Waals surface area contributed by atoms with Gasteiger partial charge in [-0.15, -0.1) is 0 Å². The van der Waals surface area contributed by atoms with Crippen molar-refractivity contribution in [2.75, 3.05) is 0 Å². The third-order valence-corrected chi connectivity index (χ3v) is 0. The minimum atomic E-state index is 0.500. The Kier molecular flexibility index (Phi) is 50.1. The van der Waals surface area contributed by atoms with E-state index >= 15 is 0 Å². The van der Waals surface area contributed by atoms with Crippen molar-refractivity contribution >= 4 is 15.8 Å². The standard InChI is InChI=1S/CNO.ClH.Zn/c2-1-3;;/h;1H;/q-1;;+2/p-1. The molecule has 2 nitrogen and oxygen atoms in total. The molecule has 0 radical (unpaired) electrons. The van der Waals surface area contributed by atoms with Crippen LogP contribution in [0.1, 0.15) is 0 Å². The molecule has 0 fully saturated rings. The first-order valence-corrected chi connectivity index (χ1v) is 4.59. The second-order valence-electron chi connectivity index (χ2n) is 0.0913. The molecule has 0 unspecified atom stereocenters. The van der Waals surface area contributed by atoms with Gasteiger partial charge >= 0.3 is 27.0 Å². The van der Waals surface area contributed by atoms with E-state index in [2.05, 4.69) is 0 Å². The Morgan fingerprint density at radius 3 is 1.80 bits per heavy atom. The van der Waals surface area contributed by atoms with Crippen LogP contribution in [0.25, 0.3) is 5.41 Å². The third kappa shape index (κ3) is 262. The zero-order valence-electron chi connectivity index (χ0n) is 2.44. The molecule has 5 heavy (non-hydrogen) atoms. The molecule has 0 atom stereocenters. The van der Waals surface area contributed by atoms with E-state index in [0.29, 0.717) is 6.08 Å². The van der Waals surface area contributed by atoms with Crippen LogP contribution in [0, 0.1) is 0 Å². The predicted molar refractivity (Wildman–Crippen MR) is 14.9 cm³/mol. The second kappa shape index (κ2) is 27.8. The predicted octanol–water partition coefficient (Wildman–Crippen LogP) is 0.579.